The Morgan fingerprint density at radius 1 is 1.10 bits per heavy atom. The van der Waals surface area contributed by atoms with E-state index in [9.17, 15) is 9.59 Å². The molecule has 0 bridgehead atoms. The Balaban J connectivity index is 1.74. The largest absolute Gasteiger partial charge is 0.455 e. The van der Waals surface area contributed by atoms with Crippen molar-refractivity contribution in [1.82, 2.24) is 4.90 Å². The van der Waals surface area contributed by atoms with Gasteiger partial charge in [0.05, 0.1) is 6.42 Å². The van der Waals surface area contributed by atoms with Crippen LogP contribution < -0.4 is 0 Å². The number of hydrogen-bond donors (Lipinski definition) is 0. The van der Waals surface area contributed by atoms with Crippen LogP contribution >= 0.6 is 15.9 Å². The van der Waals surface area contributed by atoms with Crippen molar-refractivity contribution in [3.8, 4) is 0 Å². The number of likely N-dealkylation sites (tertiary alicyclic amines) is 1. The van der Waals surface area contributed by atoms with Crippen LogP contribution in [-0.2, 0) is 20.7 Å². The first-order valence-electron chi connectivity index (χ1n) is 6.83. The predicted molar refractivity (Wildman–Crippen MR) is 79.2 cm³/mol. The fourth-order valence-electron chi connectivity index (χ4n) is 2.20. The van der Waals surface area contributed by atoms with Crippen LogP contribution in [0.1, 0.15) is 24.8 Å². The van der Waals surface area contributed by atoms with Gasteiger partial charge in [0, 0.05) is 17.6 Å². The fraction of sp³-hybridized carbons (Fsp3) is 0.467. The Labute approximate surface area is 127 Å². The number of halogens is 1. The van der Waals surface area contributed by atoms with E-state index in [0.717, 1.165) is 36.0 Å². The Kier molecular flexibility index (Phi) is 5.59. The highest BCUT2D eigenvalue weighted by Gasteiger charge is 2.17. The Morgan fingerprint density at radius 2 is 1.75 bits per heavy atom. The lowest BCUT2D eigenvalue weighted by atomic mass is 10.1. The SMILES string of the molecule is O=C(Cc1ccc(Br)cc1)OCC(=O)N1CCCCC1. The second kappa shape index (κ2) is 7.43. The molecule has 1 aromatic carbocycles. The minimum Gasteiger partial charge on any atom is -0.455 e. The molecule has 2 rings (SSSR count). The van der Waals surface area contributed by atoms with E-state index >= 15 is 0 Å². The van der Waals surface area contributed by atoms with E-state index in [0.29, 0.717) is 0 Å². The molecule has 1 heterocycles. The van der Waals surface area contributed by atoms with Crippen molar-refractivity contribution in [2.75, 3.05) is 19.7 Å². The first-order chi connectivity index (χ1) is 9.65. The highest BCUT2D eigenvalue weighted by Crippen LogP contribution is 2.12. The van der Waals surface area contributed by atoms with E-state index in [1.54, 1.807) is 4.90 Å². The number of benzene rings is 1. The maximum atomic E-state index is 11.8. The number of piperidine rings is 1. The summed E-state index contributed by atoms with van der Waals surface area (Å²) in [4.78, 5) is 25.3. The minimum atomic E-state index is -0.363. The Hall–Kier alpha value is -1.36. The average molecular weight is 340 g/mol. The van der Waals surface area contributed by atoms with E-state index in [1.807, 2.05) is 24.3 Å². The lowest BCUT2D eigenvalue weighted by Crippen LogP contribution is -2.38. The molecule has 108 valence electrons. The first kappa shape index (κ1) is 15.0. The molecule has 0 radical (unpaired) electrons. The van der Waals surface area contributed by atoms with E-state index in [4.69, 9.17) is 4.74 Å². The summed E-state index contributed by atoms with van der Waals surface area (Å²) >= 11 is 3.34. The van der Waals surface area contributed by atoms with E-state index in [2.05, 4.69) is 15.9 Å². The number of rotatable bonds is 4. The van der Waals surface area contributed by atoms with Gasteiger partial charge in [-0.25, -0.2) is 0 Å². The molecular formula is C15H18BrNO3. The van der Waals surface area contributed by atoms with Gasteiger partial charge in [-0.2, -0.15) is 0 Å². The summed E-state index contributed by atoms with van der Waals surface area (Å²) in [6, 6.07) is 7.47. The molecule has 0 aromatic heterocycles. The topological polar surface area (TPSA) is 46.6 Å². The van der Waals surface area contributed by atoms with Gasteiger partial charge in [0.1, 0.15) is 0 Å². The molecule has 1 aliphatic rings. The van der Waals surface area contributed by atoms with E-state index < -0.39 is 0 Å². The summed E-state index contributed by atoms with van der Waals surface area (Å²) in [6.45, 7) is 1.42. The fourth-order valence-corrected chi connectivity index (χ4v) is 2.46. The minimum absolute atomic E-state index is 0.0890. The lowest BCUT2D eigenvalue weighted by molar-refractivity contribution is -0.151. The van der Waals surface area contributed by atoms with Crippen LogP contribution in [0.4, 0.5) is 0 Å². The zero-order chi connectivity index (χ0) is 14.4. The summed E-state index contributed by atoms with van der Waals surface area (Å²) in [6.07, 6.45) is 3.45. The summed E-state index contributed by atoms with van der Waals surface area (Å²) in [5.41, 5.74) is 0.878. The van der Waals surface area contributed by atoms with Gasteiger partial charge in [0.25, 0.3) is 5.91 Å². The number of nitrogens with zero attached hydrogens (tertiary/aromatic N) is 1. The third kappa shape index (κ3) is 4.63. The van der Waals surface area contributed by atoms with Gasteiger partial charge in [-0.3, -0.25) is 9.59 Å². The molecule has 20 heavy (non-hydrogen) atoms. The number of carbonyl (C=O) groups is 2. The van der Waals surface area contributed by atoms with E-state index in [-0.39, 0.29) is 24.9 Å². The van der Waals surface area contributed by atoms with Gasteiger partial charge < -0.3 is 9.64 Å². The van der Waals surface area contributed by atoms with Crippen LogP contribution in [0.15, 0.2) is 28.7 Å². The van der Waals surface area contributed by atoms with Gasteiger partial charge in [0.15, 0.2) is 6.61 Å². The van der Waals surface area contributed by atoms with Crippen molar-refractivity contribution in [1.29, 1.82) is 0 Å². The highest BCUT2D eigenvalue weighted by atomic mass is 79.9. The van der Waals surface area contributed by atoms with Gasteiger partial charge >= 0.3 is 5.97 Å². The predicted octanol–water partition coefficient (Wildman–Crippen LogP) is 2.55. The molecule has 0 spiro atoms. The Bertz CT molecular complexity index is 467. The summed E-state index contributed by atoms with van der Waals surface area (Å²) in [5, 5.41) is 0. The second-order valence-electron chi connectivity index (χ2n) is 4.91. The molecule has 1 fully saturated rings. The van der Waals surface area contributed by atoms with Crippen LogP contribution in [-0.4, -0.2) is 36.5 Å². The number of carbonyl (C=O) groups excluding carboxylic acids is 2. The molecule has 1 aromatic rings. The van der Waals surface area contributed by atoms with Crippen molar-refractivity contribution >= 4 is 27.8 Å². The maximum Gasteiger partial charge on any atom is 0.310 e. The number of ether oxygens (including phenoxy) is 1. The second-order valence-corrected chi connectivity index (χ2v) is 5.82. The molecular weight excluding hydrogens is 322 g/mol. The standard InChI is InChI=1S/C15H18BrNO3/c16-13-6-4-12(5-7-13)10-15(19)20-11-14(18)17-8-2-1-3-9-17/h4-7H,1-3,8-11H2. The quantitative estimate of drug-likeness (QED) is 0.792. The lowest BCUT2D eigenvalue weighted by Gasteiger charge is -2.26. The number of hydrogen-bond acceptors (Lipinski definition) is 3. The average Bonchev–Trinajstić information content (AvgIpc) is 2.48. The summed E-state index contributed by atoms with van der Waals surface area (Å²) < 4.78 is 6.02. The van der Waals surface area contributed by atoms with Gasteiger partial charge in [-0.05, 0) is 37.0 Å². The highest BCUT2D eigenvalue weighted by molar-refractivity contribution is 9.10. The zero-order valence-corrected chi connectivity index (χ0v) is 12.9. The molecule has 0 saturated carbocycles. The summed E-state index contributed by atoms with van der Waals surface area (Å²) in [5.74, 6) is -0.452. The molecule has 0 unspecified atom stereocenters. The summed E-state index contributed by atoms with van der Waals surface area (Å²) in [7, 11) is 0. The van der Waals surface area contributed by atoms with Crippen molar-refractivity contribution < 1.29 is 14.3 Å². The number of esters is 1. The maximum absolute atomic E-state index is 11.8. The van der Waals surface area contributed by atoms with E-state index in [1.165, 1.54) is 6.42 Å². The van der Waals surface area contributed by atoms with Crippen LogP contribution in [0.5, 0.6) is 0 Å². The number of amides is 1. The smallest absolute Gasteiger partial charge is 0.310 e. The molecule has 0 N–H and O–H groups in total. The van der Waals surface area contributed by atoms with Crippen molar-refractivity contribution in [2.24, 2.45) is 0 Å². The molecule has 1 amide bonds. The van der Waals surface area contributed by atoms with Gasteiger partial charge in [0.2, 0.25) is 0 Å². The monoisotopic (exact) mass is 339 g/mol. The van der Waals surface area contributed by atoms with Crippen LogP contribution in [0.25, 0.3) is 0 Å². The third-order valence-corrected chi connectivity index (χ3v) is 3.86. The van der Waals surface area contributed by atoms with Crippen molar-refractivity contribution in [3.63, 3.8) is 0 Å². The van der Waals surface area contributed by atoms with Crippen molar-refractivity contribution in [3.05, 3.63) is 34.3 Å². The molecule has 0 aliphatic carbocycles. The Morgan fingerprint density at radius 3 is 2.40 bits per heavy atom. The van der Waals surface area contributed by atoms with Gasteiger partial charge in [-0.15, -0.1) is 0 Å². The van der Waals surface area contributed by atoms with Crippen LogP contribution in [0, 0.1) is 0 Å². The normalized spacial score (nSPS) is 14.9. The molecule has 0 atom stereocenters. The zero-order valence-electron chi connectivity index (χ0n) is 11.3. The first-order valence-corrected chi connectivity index (χ1v) is 7.62. The van der Waals surface area contributed by atoms with Crippen LogP contribution in [0.2, 0.25) is 0 Å². The van der Waals surface area contributed by atoms with Crippen molar-refractivity contribution in [2.45, 2.75) is 25.7 Å². The molecule has 1 aliphatic heterocycles. The van der Waals surface area contributed by atoms with Gasteiger partial charge in [-0.1, -0.05) is 28.1 Å². The molecule has 4 nitrogen and oxygen atoms in total. The molecule has 1 saturated heterocycles. The van der Waals surface area contributed by atoms with Crippen LogP contribution in [0.3, 0.4) is 0 Å². The molecule has 5 heteroatoms. The third-order valence-electron chi connectivity index (χ3n) is 3.33.